The molecule has 0 saturated heterocycles. The van der Waals surface area contributed by atoms with Crippen LogP contribution < -0.4 is 5.32 Å². The molecule has 4 aliphatic rings. The van der Waals surface area contributed by atoms with E-state index in [1.54, 1.807) is 23.1 Å². The van der Waals surface area contributed by atoms with E-state index in [4.69, 9.17) is 0 Å². The summed E-state index contributed by atoms with van der Waals surface area (Å²) in [5, 5.41) is 11.7. The molecule has 1 aromatic heterocycles. The summed E-state index contributed by atoms with van der Waals surface area (Å²) in [5.41, 5.74) is 0.122. The molecule has 5 rings (SSSR count). The summed E-state index contributed by atoms with van der Waals surface area (Å²) in [7, 11) is 0. The van der Waals surface area contributed by atoms with Crippen molar-refractivity contribution in [1.82, 2.24) is 15.5 Å². The van der Waals surface area contributed by atoms with Crippen LogP contribution in [0.1, 0.15) is 45.4 Å². The fourth-order valence-electron chi connectivity index (χ4n) is 5.16. The van der Waals surface area contributed by atoms with E-state index in [0.29, 0.717) is 5.75 Å². The van der Waals surface area contributed by atoms with E-state index in [9.17, 15) is 4.79 Å². The van der Waals surface area contributed by atoms with Gasteiger partial charge in [-0.15, -0.1) is 10.2 Å². The summed E-state index contributed by atoms with van der Waals surface area (Å²) in [4.78, 5) is 12.5. The lowest BCUT2D eigenvalue weighted by atomic mass is 9.53. The minimum Gasteiger partial charge on any atom is -0.350 e. The first-order chi connectivity index (χ1) is 11.1. The molecule has 4 fully saturated rings. The van der Waals surface area contributed by atoms with Gasteiger partial charge in [0.2, 0.25) is 5.91 Å². The van der Waals surface area contributed by atoms with Gasteiger partial charge in [0, 0.05) is 5.54 Å². The Labute approximate surface area is 150 Å². The smallest absolute Gasteiger partial charge is 0.230 e. The van der Waals surface area contributed by atoms with Crippen LogP contribution in [0.15, 0.2) is 8.68 Å². The van der Waals surface area contributed by atoms with Gasteiger partial charge in [-0.1, -0.05) is 41.8 Å². The van der Waals surface area contributed by atoms with Gasteiger partial charge in [-0.05, 0) is 62.0 Å². The summed E-state index contributed by atoms with van der Waals surface area (Å²) in [5.74, 6) is 4.25. The molecule has 0 radical (unpaired) electrons. The molecular weight excluding hydrogens is 346 g/mol. The van der Waals surface area contributed by atoms with Gasteiger partial charge in [0.05, 0.1) is 5.75 Å². The Balaban J connectivity index is 1.31. The van der Waals surface area contributed by atoms with E-state index >= 15 is 0 Å². The molecule has 1 aromatic rings. The Morgan fingerprint density at radius 3 is 2.26 bits per heavy atom. The van der Waals surface area contributed by atoms with Crippen molar-refractivity contribution >= 4 is 40.8 Å². The predicted molar refractivity (Wildman–Crippen MR) is 96.1 cm³/mol. The van der Waals surface area contributed by atoms with Crippen LogP contribution in [0.25, 0.3) is 0 Å². The number of nitrogens with one attached hydrogen (secondary N) is 1. The molecule has 1 N–H and O–H groups in total. The average Bonchev–Trinajstić information content (AvgIpc) is 2.91. The van der Waals surface area contributed by atoms with Crippen LogP contribution in [0.5, 0.6) is 0 Å². The van der Waals surface area contributed by atoms with Crippen LogP contribution in [-0.2, 0) is 4.79 Å². The number of rotatable bonds is 6. The van der Waals surface area contributed by atoms with Crippen molar-refractivity contribution in [1.29, 1.82) is 0 Å². The molecule has 0 spiro atoms. The summed E-state index contributed by atoms with van der Waals surface area (Å²) in [6, 6.07) is 0. The zero-order valence-corrected chi connectivity index (χ0v) is 15.9. The lowest BCUT2D eigenvalue weighted by Crippen LogP contribution is -2.60. The van der Waals surface area contributed by atoms with E-state index in [2.05, 4.69) is 22.4 Å². The van der Waals surface area contributed by atoms with Crippen LogP contribution in [-0.4, -0.2) is 33.1 Å². The molecule has 0 aliphatic heterocycles. The van der Waals surface area contributed by atoms with Crippen LogP contribution in [0.3, 0.4) is 0 Å². The lowest BCUT2D eigenvalue weighted by Gasteiger charge is -2.56. The van der Waals surface area contributed by atoms with Gasteiger partial charge in [0.1, 0.15) is 0 Å². The molecule has 23 heavy (non-hydrogen) atoms. The lowest BCUT2D eigenvalue weighted by molar-refractivity contribution is -0.124. The monoisotopic (exact) mass is 369 g/mol. The van der Waals surface area contributed by atoms with Crippen molar-refractivity contribution in [2.24, 2.45) is 17.8 Å². The molecule has 1 amide bonds. The summed E-state index contributed by atoms with van der Waals surface area (Å²) in [6.07, 6.45) is 7.87. The van der Waals surface area contributed by atoms with Crippen molar-refractivity contribution in [2.45, 2.75) is 59.7 Å². The van der Waals surface area contributed by atoms with Crippen LogP contribution in [0, 0.1) is 17.8 Å². The molecule has 0 aromatic carbocycles. The molecule has 126 valence electrons. The third-order valence-electron chi connectivity index (χ3n) is 5.43. The Morgan fingerprint density at radius 1 is 1.13 bits per heavy atom. The second-order valence-electron chi connectivity index (χ2n) is 7.30. The van der Waals surface area contributed by atoms with Crippen molar-refractivity contribution in [2.75, 3.05) is 11.5 Å². The van der Waals surface area contributed by atoms with Crippen LogP contribution >= 0.6 is 34.9 Å². The number of hydrogen-bond acceptors (Lipinski definition) is 6. The second kappa shape index (κ2) is 6.56. The van der Waals surface area contributed by atoms with E-state index in [1.165, 1.54) is 50.3 Å². The maximum atomic E-state index is 12.5. The van der Waals surface area contributed by atoms with Gasteiger partial charge in [-0.2, -0.15) is 0 Å². The largest absolute Gasteiger partial charge is 0.350 e. The molecule has 7 heteroatoms. The quantitative estimate of drug-likeness (QED) is 0.773. The van der Waals surface area contributed by atoms with Crippen molar-refractivity contribution in [3.05, 3.63) is 0 Å². The predicted octanol–water partition coefficient (Wildman–Crippen LogP) is 3.83. The number of aromatic nitrogens is 2. The van der Waals surface area contributed by atoms with Gasteiger partial charge in [0.25, 0.3) is 0 Å². The molecule has 4 nitrogen and oxygen atoms in total. The first-order valence-electron chi connectivity index (χ1n) is 8.54. The standard InChI is InChI=1S/C16H23N3OS3/c1-2-21-14-18-19-15(23-14)22-9-13(20)17-16-6-10-3-11(7-16)5-12(4-10)8-16/h10-12H,2-9H2,1H3,(H,17,20). The van der Waals surface area contributed by atoms with Gasteiger partial charge in [0.15, 0.2) is 8.68 Å². The fraction of sp³-hybridized carbons (Fsp3) is 0.812. The Kier molecular flexibility index (Phi) is 4.62. The maximum absolute atomic E-state index is 12.5. The number of nitrogens with zero attached hydrogens (tertiary/aromatic N) is 2. The zero-order valence-electron chi connectivity index (χ0n) is 13.4. The number of carbonyl (C=O) groups is 1. The normalized spacial score (nSPS) is 34.7. The van der Waals surface area contributed by atoms with Gasteiger partial charge < -0.3 is 5.32 Å². The van der Waals surface area contributed by atoms with Crippen LogP contribution in [0.4, 0.5) is 0 Å². The first-order valence-corrected chi connectivity index (χ1v) is 11.3. The minimum atomic E-state index is 0.122. The topological polar surface area (TPSA) is 54.9 Å². The third kappa shape index (κ3) is 3.56. The SMILES string of the molecule is CCSc1nnc(SCC(=O)NC23CC4CC(CC(C4)C2)C3)s1. The molecule has 4 aliphatic carbocycles. The van der Waals surface area contributed by atoms with Gasteiger partial charge in [-0.25, -0.2) is 0 Å². The molecule has 4 saturated carbocycles. The molecule has 0 atom stereocenters. The zero-order chi connectivity index (χ0) is 15.9. The number of thioether (sulfide) groups is 2. The van der Waals surface area contributed by atoms with E-state index in [1.807, 2.05) is 0 Å². The Morgan fingerprint density at radius 2 is 1.70 bits per heavy atom. The summed E-state index contributed by atoms with van der Waals surface area (Å²) >= 11 is 4.82. The summed E-state index contributed by atoms with van der Waals surface area (Å²) < 4.78 is 1.90. The van der Waals surface area contributed by atoms with E-state index in [-0.39, 0.29) is 11.4 Å². The van der Waals surface area contributed by atoms with E-state index in [0.717, 1.165) is 32.2 Å². The molecule has 0 unspecified atom stereocenters. The Bertz CT molecular complexity index is 554. The Hall–Kier alpha value is -0.270. The summed E-state index contributed by atoms with van der Waals surface area (Å²) in [6.45, 7) is 2.11. The number of amides is 1. The molecular formula is C16H23N3OS3. The van der Waals surface area contributed by atoms with Gasteiger partial charge in [-0.3, -0.25) is 4.79 Å². The van der Waals surface area contributed by atoms with Crippen molar-refractivity contribution in [3.8, 4) is 0 Å². The highest BCUT2D eigenvalue weighted by Crippen LogP contribution is 2.55. The highest BCUT2D eigenvalue weighted by molar-refractivity contribution is 8.03. The molecule has 1 heterocycles. The third-order valence-corrected chi connectivity index (χ3v) is 8.50. The number of carbonyl (C=O) groups excluding carboxylic acids is 1. The molecule has 4 bridgehead atoms. The average molecular weight is 370 g/mol. The van der Waals surface area contributed by atoms with E-state index < -0.39 is 0 Å². The fourth-order valence-corrected chi connectivity index (χ4v) is 7.88. The van der Waals surface area contributed by atoms with Crippen molar-refractivity contribution < 1.29 is 4.79 Å². The highest BCUT2D eigenvalue weighted by atomic mass is 32.2. The minimum absolute atomic E-state index is 0.122. The van der Waals surface area contributed by atoms with Gasteiger partial charge >= 0.3 is 0 Å². The first kappa shape index (κ1) is 16.2. The maximum Gasteiger partial charge on any atom is 0.230 e. The van der Waals surface area contributed by atoms with Crippen molar-refractivity contribution in [3.63, 3.8) is 0 Å². The highest BCUT2D eigenvalue weighted by Gasteiger charge is 2.51. The number of hydrogen-bond donors (Lipinski definition) is 1. The second-order valence-corrected chi connectivity index (χ2v) is 11.0. The van der Waals surface area contributed by atoms with Crippen LogP contribution in [0.2, 0.25) is 0 Å².